The Hall–Kier alpha value is -1.95. The molecule has 0 spiro atoms. The molecule has 0 saturated heterocycles. The van der Waals surface area contributed by atoms with Crippen LogP contribution in [0.5, 0.6) is 0 Å². The number of hydrogen-bond acceptors (Lipinski definition) is 3. The Labute approximate surface area is 142 Å². The molecule has 24 heavy (non-hydrogen) atoms. The van der Waals surface area contributed by atoms with E-state index in [2.05, 4.69) is 5.32 Å². The Morgan fingerprint density at radius 3 is 2.75 bits per heavy atom. The summed E-state index contributed by atoms with van der Waals surface area (Å²) in [6.45, 7) is 5.00. The second kappa shape index (κ2) is 8.24. The third-order valence-electron chi connectivity index (χ3n) is 4.56. The number of halogens is 1. The minimum atomic E-state index is -0.577. The average molecular weight is 336 g/mol. The first kappa shape index (κ1) is 18.4. The summed E-state index contributed by atoms with van der Waals surface area (Å²) in [6, 6.07) is 4.28. The number of rotatable bonds is 7. The van der Waals surface area contributed by atoms with Gasteiger partial charge in [0.2, 0.25) is 11.8 Å². The van der Waals surface area contributed by atoms with E-state index in [0.717, 1.165) is 12.8 Å². The fourth-order valence-corrected chi connectivity index (χ4v) is 3.25. The molecule has 132 valence electrons. The fraction of sp³-hybridized carbons (Fsp3) is 0.556. The van der Waals surface area contributed by atoms with E-state index in [1.54, 1.807) is 18.1 Å². The van der Waals surface area contributed by atoms with Crippen LogP contribution in [0.15, 0.2) is 18.2 Å². The van der Waals surface area contributed by atoms with E-state index in [1.165, 1.54) is 12.1 Å². The Morgan fingerprint density at radius 1 is 1.42 bits per heavy atom. The Bertz CT molecular complexity index is 602. The van der Waals surface area contributed by atoms with E-state index in [9.17, 15) is 14.0 Å². The molecular formula is C18H25FN2O3. The molecule has 0 radical (unpaired) electrons. The molecule has 1 aliphatic heterocycles. The van der Waals surface area contributed by atoms with E-state index in [1.807, 2.05) is 13.8 Å². The number of nitrogens with one attached hydrogen (secondary N) is 1. The lowest BCUT2D eigenvalue weighted by atomic mass is 9.88. The van der Waals surface area contributed by atoms with Crippen LogP contribution >= 0.6 is 0 Å². The highest BCUT2D eigenvalue weighted by molar-refractivity contribution is 6.01. The fourth-order valence-electron chi connectivity index (χ4n) is 3.25. The van der Waals surface area contributed by atoms with Gasteiger partial charge in [0.25, 0.3) is 0 Å². The average Bonchev–Trinajstić information content (AvgIpc) is 2.56. The molecule has 0 aromatic heterocycles. The van der Waals surface area contributed by atoms with E-state index >= 15 is 0 Å². The number of ether oxygens (including phenoxy) is 1. The first-order valence-corrected chi connectivity index (χ1v) is 8.40. The summed E-state index contributed by atoms with van der Waals surface area (Å²) in [4.78, 5) is 26.9. The lowest BCUT2D eigenvalue weighted by molar-refractivity contribution is -0.138. The zero-order chi connectivity index (χ0) is 17.7. The first-order valence-electron chi connectivity index (χ1n) is 8.40. The maximum atomic E-state index is 13.4. The number of methoxy groups -OCH3 is 1. The van der Waals surface area contributed by atoms with E-state index in [0.29, 0.717) is 24.4 Å². The Balaban J connectivity index is 2.33. The highest BCUT2D eigenvalue weighted by Gasteiger charge is 2.35. The molecule has 0 bridgehead atoms. The minimum Gasteiger partial charge on any atom is -0.383 e. The van der Waals surface area contributed by atoms with Crippen molar-refractivity contribution >= 4 is 17.5 Å². The number of anilines is 1. The van der Waals surface area contributed by atoms with E-state index in [4.69, 9.17) is 4.74 Å². The number of benzene rings is 1. The molecule has 1 aromatic carbocycles. The van der Waals surface area contributed by atoms with Gasteiger partial charge in [-0.2, -0.15) is 0 Å². The van der Waals surface area contributed by atoms with Gasteiger partial charge in [0.05, 0.1) is 12.5 Å². The van der Waals surface area contributed by atoms with Gasteiger partial charge in [0.1, 0.15) is 5.82 Å². The van der Waals surface area contributed by atoms with Crippen LogP contribution in [0.1, 0.15) is 44.6 Å². The number of amides is 2. The zero-order valence-corrected chi connectivity index (χ0v) is 14.5. The highest BCUT2D eigenvalue weighted by atomic mass is 19.1. The number of carbonyl (C=O) groups excluding carboxylic acids is 2. The number of hydrogen-bond donors (Lipinski definition) is 1. The van der Waals surface area contributed by atoms with Crippen LogP contribution in [0.3, 0.4) is 0 Å². The van der Waals surface area contributed by atoms with Gasteiger partial charge in [-0.1, -0.05) is 19.9 Å². The molecule has 6 heteroatoms. The topological polar surface area (TPSA) is 58.6 Å². The molecule has 2 rings (SSSR count). The molecule has 1 aliphatic rings. The third-order valence-corrected chi connectivity index (χ3v) is 4.56. The van der Waals surface area contributed by atoms with Crippen molar-refractivity contribution in [1.82, 2.24) is 4.90 Å². The number of nitrogens with zero attached hydrogens (tertiary/aromatic N) is 1. The summed E-state index contributed by atoms with van der Waals surface area (Å²) in [5.74, 6) is -1.36. The van der Waals surface area contributed by atoms with Gasteiger partial charge < -0.3 is 15.0 Å². The summed E-state index contributed by atoms with van der Waals surface area (Å²) in [5, 5.41) is 2.65. The van der Waals surface area contributed by atoms with E-state index < -0.39 is 11.7 Å². The second-order valence-corrected chi connectivity index (χ2v) is 6.03. The van der Waals surface area contributed by atoms with Crippen LogP contribution in [0.2, 0.25) is 0 Å². The number of fused-ring (bicyclic) bond motifs is 1. The molecule has 1 N–H and O–H groups in total. The summed E-state index contributed by atoms with van der Waals surface area (Å²) >= 11 is 0. The van der Waals surface area contributed by atoms with Gasteiger partial charge in [-0.25, -0.2) is 4.39 Å². The maximum absolute atomic E-state index is 13.4. The van der Waals surface area contributed by atoms with Gasteiger partial charge in [0, 0.05) is 31.8 Å². The largest absolute Gasteiger partial charge is 0.383 e. The normalized spacial score (nSPS) is 16.7. The van der Waals surface area contributed by atoms with Crippen molar-refractivity contribution in [3.63, 3.8) is 0 Å². The summed E-state index contributed by atoms with van der Waals surface area (Å²) < 4.78 is 18.6. The Morgan fingerprint density at radius 2 is 2.12 bits per heavy atom. The lowest BCUT2D eigenvalue weighted by Gasteiger charge is -2.35. The SMILES string of the molecule is CCC(CC)N(CCOC)C(=O)C1CC(=O)Nc2cc(F)ccc21. The van der Waals surface area contributed by atoms with Crippen LogP contribution < -0.4 is 5.32 Å². The molecule has 1 aromatic rings. The van der Waals surface area contributed by atoms with Crippen LogP contribution in [0.4, 0.5) is 10.1 Å². The van der Waals surface area contributed by atoms with Gasteiger partial charge in [0.15, 0.2) is 0 Å². The van der Waals surface area contributed by atoms with Crippen molar-refractivity contribution in [3.05, 3.63) is 29.6 Å². The predicted molar refractivity (Wildman–Crippen MR) is 90.3 cm³/mol. The molecule has 1 heterocycles. The third kappa shape index (κ3) is 3.93. The lowest BCUT2D eigenvalue weighted by Crippen LogP contribution is -2.45. The van der Waals surface area contributed by atoms with Crippen LogP contribution in [0.25, 0.3) is 0 Å². The van der Waals surface area contributed by atoms with Crippen LogP contribution in [0, 0.1) is 5.82 Å². The minimum absolute atomic E-state index is 0.0844. The van der Waals surface area contributed by atoms with Gasteiger partial charge in [-0.05, 0) is 30.5 Å². The summed E-state index contributed by atoms with van der Waals surface area (Å²) in [6.07, 6.45) is 1.75. The van der Waals surface area contributed by atoms with Crippen molar-refractivity contribution in [2.45, 2.75) is 45.1 Å². The molecule has 0 saturated carbocycles. The highest BCUT2D eigenvalue weighted by Crippen LogP contribution is 2.34. The number of carbonyl (C=O) groups is 2. The molecule has 0 fully saturated rings. The van der Waals surface area contributed by atoms with Crippen molar-refractivity contribution < 1.29 is 18.7 Å². The smallest absolute Gasteiger partial charge is 0.231 e. The van der Waals surface area contributed by atoms with Crippen molar-refractivity contribution in [2.24, 2.45) is 0 Å². The van der Waals surface area contributed by atoms with Crippen LogP contribution in [-0.4, -0.2) is 43.0 Å². The van der Waals surface area contributed by atoms with Gasteiger partial charge >= 0.3 is 0 Å². The van der Waals surface area contributed by atoms with Crippen LogP contribution in [-0.2, 0) is 14.3 Å². The molecular weight excluding hydrogens is 311 g/mol. The quantitative estimate of drug-likeness (QED) is 0.833. The predicted octanol–water partition coefficient (Wildman–Crippen LogP) is 2.92. The zero-order valence-electron chi connectivity index (χ0n) is 14.5. The second-order valence-electron chi connectivity index (χ2n) is 6.03. The van der Waals surface area contributed by atoms with Crippen molar-refractivity contribution in [1.29, 1.82) is 0 Å². The molecule has 1 unspecified atom stereocenters. The maximum Gasteiger partial charge on any atom is 0.231 e. The first-order chi connectivity index (χ1) is 11.5. The summed E-state index contributed by atoms with van der Waals surface area (Å²) in [5.41, 5.74) is 1.07. The van der Waals surface area contributed by atoms with E-state index in [-0.39, 0.29) is 24.3 Å². The standard InChI is InChI=1S/C18H25FN2O3/c1-4-13(5-2)21(8-9-24-3)18(23)15-11-17(22)20-16-10-12(19)6-7-14(15)16/h6-7,10,13,15H,4-5,8-9,11H2,1-3H3,(H,20,22). The van der Waals surface area contributed by atoms with Crippen molar-refractivity contribution in [3.8, 4) is 0 Å². The molecule has 2 amide bonds. The monoisotopic (exact) mass is 336 g/mol. The van der Waals surface area contributed by atoms with Crippen molar-refractivity contribution in [2.75, 3.05) is 25.6 Å². The molecule has 5 nitrogen and oxygen atoms in total. The molecule has 1 atom stereocenters. The van der Waals surface area contributed by atoms with Gasteiger partial charge in [-0.3, -0.25) is 9.59 Å². The Kier molecular flexibility index (Phi) is 6.31. The molecule has 0 aliphatic carbocycles. The summed E-state index contributed by atoms with van der Waals surface area (Å²) in [7, 11) is 1.60. The van der Waals surface area contributed by atoms with Gasteiger partial charge in [-0.15, -0.1) is 0 Å².